The predicted octanol–water partition coefficient (Wildman–Crippen LogP) is 1.59. The maximum Gasteiger partial charge on any atom is 0.164 e. The molecule has 0 amide bonds. The van der Waals surface area contributed by atoms with Crippen LogP contribution in [0.1, 0.15) is 27.7 Å². The van der Waals surface area contributed by atoms with Crippen LogP contribution in [0.5, 0.6) is 0 Å². The zero-order valence-corrected chi connectivity index (χ0v) is 13.3. The van der Waals surface area contributed by atoms with E-state index in [-0.39, 0.29) is 31.2 Å². The standard InChI is InChI=1S/C15H24O6/c1-14(2)18-7-9-6-10-12(21-15(3,4)19-10)13(11(9)20-14)17-8-16-5/h6,10-13H,7-8H2,1-5H3/t10-,11+,12+,13+/m1/s1. The Bertz CT molecular complexity index is 428. The van der Waals surface area contributed by atoms with Gasteiger partial charge in [0.2, 0.25) is 0 Å². The Morgan fingerprint density at radius 1 is 1.14 bits per heavy atom. The average molecular weight is 300 g/mol. The van der Waals surface area contributed by atoms with Crippen LogP contribution in [0.3, 0.4) is 0 Å². The largest absolute Gasteiger partial charge is 0.359 e. The van der Waals surface area contributed by atoms with Crippen molar-refractivity contribution in [1.82, 2.24) is 0 Å². The molecule has 6 nitrogen and oxygen atoms in total. The summed E-state index contributed by atoms with van der Waals surface area (Å²) < 4.78 is 34.6. The van der Waals surface area contributed by atoms with Crippen molar-refractivity contribution in [3.05, 3.63) is 11.6 Å². The van der Waals surface area contributed by atoms with Crippen LogP contribution < -0.4 is 0 Å². The molecule has 0 aromatic heterocycles. The maximum absolute atomic E-state index is 6.06. The second-order valence-corrected chi connectivity index (χ2v) is 6.57. The van der Waals surface area contributed by atoms with E-state index in [1.165, 1.54) is 0 Å². The lowest BCUT2D eigenvalue weighted by Crippen LogP contribution is -2.56. The SMILES string of the molecule is COCO[C@@H]1[C@H]2OC(C)(C)O[C@@H]2C=C2COC(C)(C)O[C@@H]21. The summed E-state index contributed by atoms with van der Waals surface area (Å²) in [7, 11) is 1.60. The van der Waals surface area contributed by atoms with Crippen molar-refractivity contribution in [2.24, 2.45) is 0 Å². The van der Waals surface area contributed by atoms with Crippen molar-refractivity contribution in [3.63, 3.8) is 0 Å². The summed E-state index contributed by atoms with van der Waals surface area (Å²) in [6.07, 6.45) is 1.20. The van der Waals surface area contributed by atoms with Gasteiger partial charge in [-0.15, -0.1) is 0 Å². The molecule has 3 aliphatic rings. The Morgan fingerprint density at radius 3 is 2.62 bits per heavy atom. The Morgan fingerprint density at radius 2 is 1.90 bits per heavy atom. The van der Waals surface area contributed by atoms with Crippen LogP contribution in [-0.2, 0) is 28.4 Å². The number of methoxy groups -OCH3 is 1. The van der Waals surface area contributed by atoms with Gasteiger partial charge in [-0.3, -0.25) is 0 Å². The third-order valence-electron chi connectivity index (χ3n) is 3.91. The highest BCUT2D eigenvalue weighted by Crippen LogP contribution is 2.41. The van der Waals surface area contributed by atoms with Crippen molar-refractivity contribution in [2.75, 3.05) is 20.5 Å². The fourth-order valence-corrected chi connectivity index (χ4v) is 3.09. The van der Waals surface area contributed by atoms with Crippen molar-refractivity contribution >= 4 is 0 Å². The van der Waals surface area contributed by atoms with E-state index in [0.717, 1.165) is 5.57 Å². The topological polar surface area (TPSA) is 55.4 Å². The second-order valence-electron chi connectivity index (χ2n) is 6.57. The Kier molecular flexibility index (Phi) is 3.88. The van der Waals surface area contributed by atoms with Crippen LogP contribution in [0.25, 0.3) is 0 Å². The summed E-state index contributed by atoms with van der Waals surface area (Å²) in [5.74, 6) is -1.27. The summed E-state index contributed by atoms with van der Waals surface area (Å²) in [5, 5.41) is 0. The monoisotopic (exact) mass is 300 g/mol. The van der Waals surface area contributed by atoms with Gasteiger partial charge < -0.3 is 28.4 Å². The summed E-state index contributed by atoms with van der Waals surface area (Å²) in [6, 6.07) is 0. The molecule has 2 fully saturated rings. The Labute approximate surface area is 125 Å². The molecule has 0 aromatic rings. The zero-order valence-electron chi connectivity index (χ0n) is 13.3. The van der Waals surface area contributed by atoms with E-state index in [9.17, 15) is 0 Å². The smallest absolute Gasteiger partial charge is 0.164 e. The molecule has 2 saturated heterocycles. The molecule has 120 valence electrons. The van der Waals surface area contributed by atoms with E-state index >= 15 is 0 Å². The van der Waals surface area contributed by atoms with Gasteiger partial charge in [-0.05, 0) is 39.3 Å². The predicted molar refractivity (Wildman–Crippen MR) is 73.6 cm³/mol. The van der Waals surface area contributed by atoms with E-state index in [1.54, 1.807) is 7.11 Å². The molecule has 0 aromatic carbocycles. The minimum Gasteiger partial charge on any atom is -0.359 e. The molecule has 0 bridgehead atoms. The minimum atomic E-state index is -0.640. The fraction of sp³-hybridized carbons (Fsp3) is 0.867. The lowest BCUT2D eigenvalue weighted by atomic mass is 9.88. The first-order chi connectivity index (χ1) is 9.81. The normalized spacial score (nSPS) is 40.3. The van der Waals surface area contributed by atoms with Gasteiger partial charge >= 0.3 is 0 Å². The van der Waals surface area contributed by atoms with Crippen molar-refractivity contribution in [3.8, 4) is 0 Å². The van der Waals surface area contributed by atoms with E-state index in [4.69, 9.17) is 28.4 Å². The number of fused-ring (bicyclic) bond motifs is 2. The van der Waals surface area contributed by atoms with E-state index in [0.29, 0.717) is 6.61 Å². The molecule has 0 unspecified atom stereocenters. The zero-order chi connectivity index (χ0) is 15.3. The van der Waals surface area contributed by atoms with Crippen LogP contribution in [0.15, 0.2) is 11.6 Å². The number of ether oxygens (including phenoxy) is 6. The van der Waals surface area contributed by atoms with Crippen LogP contribution in [0.2, 0.25) is 0 Å². The molecular weight excluding hydrogens is 276 g/mol. The highest BCUT2D eigenvalue weighted by Gasteiger charge is 2.53. The first-order valence-electron chi connectivity index (χ1n) is 7.30. The number of rotatable bonds is 3. The van der Waals surface area contributed by atoms with Gasteiger partial charge in [0, 0.05) is 7.11 Å². The first-order valence-corrected chi connectivity index (χ1v) is 7.30. The van der Waals surface area contributed by atoms with E-state index in [1.807, 2.05) is 33.8 Å². The van der Waals surface area contributed by atoms with Gasteiger partial charge in [-0.2, -0.15) is 0 Å². The average Bonchev–Trinajstić information content (AvgIpc) is 2.68. The molecule has 21 heavy (non-hydrogen) atoms. The third-order valence-corrected chi connectivity index (χ3v) is 3.91. The van der Waals surface area contributed by atoms with Gasteiger partial charge in [0.15, 0.2) is 11.6 Å². The molecule has 0 saturated carbocycles. The van der Waals surface area contributed by atoms with Gasteiger partial charge in [0.25, 0.3) is 0 Å². The van der Waals surface area contributed by atoms with Gasteiger partial charge in [0.1, 0.15) is 31.2 Å². The van der Waals surface area contributed by atoms with Crippen LogP contribution in [0, 0.1) is 0 Å². The van der Waals surface area contributed by atoms with Crippen molar-refractivity contribution in [2.45, 2.75) is 63.7 Å². The third kappa shape index (κ3) is 3.02. The molecule has 4 atom stereocenters. The van der Waals surface area contributed by atoms with Gasteiger partial charge in [-0.1, -0.05) is 0 Å². The first kappa shape index (κ1) is 15.4. The molecule has 0 N–H and O–H groups in total. The fourth-order valence-electron chi connectivity index (χ4n) is 3.09. The number of hydrogen-bond acceptors (Lipinski definition) is 6. The molecule has 0 spiro atoms. The minimum absolute atomic E-state index is 0.151. The van der Waals surface area contributed by atoms with Crippen LogP contribution >= 0.6 is 0 Å². The van der Waals surface area contributed by atoms with Crippen molar-refractivity contribution in [1.29, 1.82) is 0 Å². The summed E-state index contributed by atoms with van der Waals surface area (Å²) in [4.78, 5) is 0. The lowest BCUT2D eigenvalue weighted by molar-refractivity contribution is -0.287. The molecule has 2 heterocycles. The van der Waals surface area contributed by atoms with Gasteiger partial charge in [-0.25, -0.2) is 0 Å². The Balaban J connectivity index is 1.87. The maximum atomic E-state index is 6.06. The Hall–Kier alpha value is -0.500. The highest BCUT2D eigenvalue weighted by molar-refractivity contribution is 5.24. The highest BCUT2D eigenvalue weighted by atomic mass is 16.8. The molecule has 6 heteroatoms. The number of hydrogen-bond donors (Lipinski definition) is 0. The molecule has 0 radical (unpaired) electrons. The molecule has 2 aliphatic heterocycles. The molecule has 1 aliphatic carbocycles. The van der Waals surface area contributed by atoms with E-state index < -0.39 is 11.6 Å². The second kappa shape index (κ2) is 5.30. The summed E-state index contributed by atoms with van der Waals surface area (Å²) in [5.41, 5.74) is 1.04. The molecule has 3 rings (SSSR count). The quantitative estimate of drug-likeness (QED) is 0.583. The van der Waals surface area contributed by atoms with E-state index in [2.05, 4.69) is 0 Å². The van der Waals surface area contributed by atoms with Crippen molar-refractivity contribution < 1.29 is 28.4 Å². The summed E-state index contributed by atoms with van der Waals surface area (Å²) >= 11 is 0. The summed E-state index contributed by atoms with van der Waals surface area (Å²) in [6.45, 7) is 8.31. The van der Waals surface area contributed by atoms with Gasteiger partial charge in [0.05, 0.1) is 6.61 Å². The van der Waals surface area contributed by atoms with Crippen LogP contribution in [-0.4, -0.2) is 56.5 Å². The molecular formula is C15H24O6. The lowest BCUT2D eigenvalue weighted by Gasteiger charge is -2.45. The van der Waals surface area contributed by atoms with Crippen LogP contribution in [0.4, 0.5) is 0 Å².